The lowest BCUT2D eigenvalue weighted by molar-refractivity contribution is -0.138. The highest BCUT2D eigenvalue weighted by molar-refractivity contribution is 9.10. The number of benzene rings is 2. The number of carbonyl (C=O) groups is 3. The zero-order valence-corrected chi connectivity index (χ0v) is 19.1. The molecule has 3 amide bonds. The van der Waals surface area contributed by atoms with Crippen LogP contribution in [0.25, 0.3) is 10.9 Å². The van der Waals surface area contributed by atoms with E-state index in [0.717, 1.165) is 26.6 Å². The van der Waals surface area contributed by atoms with Gasteiger partial charge in [-0.05, 0) is 59.5 Å². The van der Waals surface area contributed by atoms with Crippen molar-refractivity contribution in [2.24, 2.45) is 0 Å². The average molecular weight is 482 g/mol. The monoisotopic (exact) mass is 481 g/mol. The Morgan fingerprint density at radius 1 is 1.16 bits per heavy atom. The number of aromatic nitrogens is 1. The number of anilines is 1. The van der Waals surface area contributed by atoms with Gasteiger partial charge in [0, 0.05) is 33.2 Å². The summed E-state index contributed by atoms with van der Waals surface area (Å²) < 4.78 is 2.98. The van der Waals surface area contributed by atoms with Gasteiger partial charge in [0.2, 0.25) is 17.7 Å². The predicted molar refractivity (Wildman–Crippen MR) is 124 cm³/mol. The second-order valence-corrected chi connectivity index (χ2v) is 8.73. The molecule has 0 radical (unpaired) electrons. The van der Waals surface area contributed by atoms with Crippen molar-refractivity contribution in [3.8, 4) is 0 Å². The second-order valence-electron chi connectivity index (χ2n) is 7.94. The molecule has 1 aliphatic heterocycles. The number of fused-ring (bicyclic) bond motifs is 1. The van der Waals surface area contributed by atoms with E-state index in [1.54, 1.807) is 0 Å². The summed E-state index contributed by atoms with van der Waals surface area (Å²) in [7, 11) is 0. The zero-order chi connectivity index (χ0) is 22.2. The van der Waals surface area contributed by atoms with Crippen molar-refractivity contribution >= 4 is 50.2 Å². The number of piperidine rings is 1. The first-order chi connectivity index (χ1) is 14.9. The van der Waals surface area contributed by atoms with Crippen molar-refractivity contribution in [1.82, 2.24) is 9.88 Å². The Labute approximate surface area is 189 Å². The molecule has 1 fully saturated rings. The molecule has 0 aliphatic carbocycles. The van der Waals surface area contributed by atoms with Crippen LogP contribution in [0.3, 0.4) is 0 Å². The van der Waals surface area contributed by atoms with E-state index in [-0.39, 0.29) is 24.3 Å². The third-order valence-corrected chi connectivity index (χ3v) is 7.25. The maximum atomic E-state index is 12.7. The fraction of sp³-hybridized carbons (Fsp3) is 0.292. The Morgan fingerprint density at radius 3 is 2.55 bits per heavy atom. The van der Waals surface area contributed by atoms with Crippen LogP contribution in [-0.2, 0) is 26.3 Å². The first-order valence-corrected chi connectivity index (χ1v) is 11.1. The van der Waals surface area contributed by atoms with Crippen molar-refractivity contribution in [3.63, 3.8) is 0 Å². The topological polar surface area (TPSA) is 80.2 Å². The summed E-state index contributed by atoms with van der Waals surface area (Å²) in [4.78, 5) is 36.8. The van der Waals surface area contributed by atoms with Gasteiger partial charge in [0.15, 0.2) is 0 Å². The lowest BCUT2D eigenvalue weighted by Gasteiger charge is -2.35. The Balaban J connectivity index is 1.51. The molecule has 1 saturated heterocycles. The number of para-hydroxylation sites is 1. The zero-order valence-electron chi connectivity index (χ0n) is 17.5. The molecule has 31 heavy (non-hydrogen) atoms. The number of hydrogen-bond acceptors (Lipinski definition) is 3. The molecule has 2 aromatic carbocycles. The molecule has 160 valence electrons. The third-order valence-electron chi connectivity index (χ3n) is 6.25. The fourth-order valence-electron chi connectivity index (χ4n) is 4.38. The van der Waals surface area contributed by atoms with Gasteiger partial charge in [0.1, 0.15) is 6.54 Å². The summed E-state index contributed by atoms with van der Waals surface area (Å²) in [6, 6.07) is 15.3. The van der Waals surface area contributed by atoms with E-state index in [0.29, 0.717) is 24.9 Å². The molecule has 1 aromatic heterocycles. The van der Waals surface area contributed by atoms with Crippen LogP contribution >= 0.6 is 15.9 Å². The Kier molecular flexibility index (Phi) is 5.71. The molecule has 1 atom stereocenters. The van der Waals surface area contributed by atoms with Crippen LogP contribution in [0, 0.1) is 6.92 Å². The lowest BCUT2D eigenvalue weighted by atomic mass is 9.72. The molecule has 4 rings (SSSR count). The molecular weight excluding hydrogens is 458 g/mol. The fourth-order valence-corrected chi connectivity index (χ4v) is 4.92. The quantitative estimate of drug-likeness (QED) is 0.528. The van der Waals surface area contributed by atoms with Gasteiger partial charge in [0.25, 0.3) is 0 Å². The number of rotatable bonds is 5. The van der Waals surface area contributed by atoms with Crippen LogP contribution in [0.2, 0.25) is 0 Å². The van der Waals surface area contributed by atoms with Crippen LogP contribution in [0.4, 0.5) is 5.69 Å². The van der Waals surface area contributed by atoms with Gasteiger partial charge in [0.05, 0.1) is 5.41 Å². The average Bonchev–Trinajstić information content (AvgIpc) is 3.00. The van der Waals surface area contributed by atoms with Crippen LogP contribution in [0.5, 0.6) is 0 Å². The number of nitrogens with zero attached hydrogens (tertiary/aromatic N) is 1. The van der Waals surface area contributed by atoms with Crippen molar-refractivity contribution in [2.45, 2.75) is 45.1 Å². The molecule has 0 spiro atoms. The number of imide groups is 1. The van der Waals surface area contributed by atoms with Crippen molar-refractivity contribution in [2.75, 3.05) is 5.32 Å². The van der Waals surface area contributed by atoms with E-state index in [2.05, 4.69) is 26.6 Å². The summed E-state index contributed by atoms with van der Waals surface area (Å²) in [6.07, 6.45) is 1.43. The van der Waals surface area contributed by atoms with Crippen molar-refractivity contribution in [3.05, 3.63) is 64.3 Å². The lowest BCUT2D eigenvalue weighted by Crippen LogP contribution is -2.51. The normalized spacial score (nSPS) is 18.8. The van der Waals surface area contributed by atoms with Gasteiger partial charge < -0.3 is 9.88 Å². The molecule has 7 heteroatoms. The summed E-state index contributed by atoms with van der Waals surface area (Å²) >= 11 is 3.62. The van der Waals surface area contributed by atoms with Crippen LogP contribution in [-0.4, -0.2) is 22.3 Å². The first kappa shape index (κ1) is 21.3. The van der Waals surface area contributed by atoms with Gasteiger partial charge in [-0.15, -0.1) is 0 Å². The number of halogens is 1. The summed E-state index contributed by atoms with van der Waals surface area (Å²) in [5, 5.41) is 6.48. The maximum absolute atomic E-state index is 12.7. The van der Waals surface area contributed by atoms with Gasteiger partial charge in [-0.1, -0.05) is 37.3 Å². The summed E-state index contributed by atoms with van der Waals surface area (Å²) in [5.74, 6) is -0.601. The van der Waals surface area contributed by atoms with Crippen molar-refractivity contribution in [1.29, 1.82) is 0 Å². The van der Waals surface area contributed by atoms with E-state index >= 15 is 0 Å². The van der Waals surface area contributed by atoms with Crippen LogP contribution < -0.4 is 10.6 Å². The molecular formula is C24H24BrN3O3. The second kappa shape index (κ2) is 8.30. The number of hydrogen-bond donors (Lipinski definition) is 2. The third kappa shape index (κ3) is 3.78. The molecule has 1 unspecified atom stereocenters. The summed E-state index contributed by atoms with van der Waals surface area (Å²) in [5.41, 5.74) is 2.81. The van der Waals surface area contributed by atoms with E-state index in [4.69, 9.17) is 0 Å². The number of carbonyl (C=O) groups excluding carboxylic acids is 3. The number of amides is 3. The minimum Gasteiger partial charge on any atom is -0.334 e. The Bertz CT molecular complexity index is 1180. The molecule has 1 aliphatic rings. The minimum atomic E-state index is -0.704. The molecule has 2 N–H and O–H groups in total. The maximum Gasteiger partial charge on any atom is 0.244 e. The van der Waals surface area contributed by atoms with E-state index < -0.39 is 5.41 Å². The molecule has 6 nitrogen and oxygen atoms in total. The highest BCUT2D eigenvalue weighted by atomic mass is 79.9. The highest BCUT2D eigenvalue weighted by Gasteiger charge is 2.42. The van der Waals surface area contributed by atoms with Gasteiger partial charge in [-0.3, -0.25) is 19.7 Å². The number of nitrogens with one attached hydrogen (secondary N) is 2. The molecule has 0 saturated carbocycles. The highest BCUT2D eigenvalue weighted by Crippen LogP contribution is 2.36. The van der Waals surface area contributed by atoms with Gasteiger partial charge in [-0.25, -0.2) is 0 Å². The van der Waals surface area contributed by atoms with E-state index in [1.807, 2.05) is 66.9 Å². The molecule has 3 aromatic rings. The van der Waals surface area contributed by atoms with E-state index in [1.165, 1.54) is 0 Å². The largest absolute Gasteiger partial charge is 0.334 e. The van der Waals surface area contributed by atoms with Crippen LogP contribution in [0.15, 0.2) is 53.0 Å². The van der Waals surface area contributed by atoms with Crippen molar-refractivity contribution < 1.29 is 14.4 Å². The molecule has 2 heterocycles. The predicted octanol–water partition coefficient (Wildman–Crippen LogP) is 4.44. The van der Waals surface area contributed by atoms with Gasteiger partial charge in [-0.2, -0.15) is 0 Å². The van der Waals surface area contributed by atoms with Gasteiger partial charge >= 0.3 is 0 Å². The Morgan fingerprint density at radius 2 is 1.87 bits per heavy atom. The first-order valence-electron chi connectivity index (χ1n) is 10.3. The van der Waals surface area contributed by atoms with E-state index in [9.17, 15) is 14.4 Å². The minimum absolute atomic E-state index is 0.129. The van der Waals surface area contributed by atoms with Crippen LogP contribution in [0.1, 0.15) is 37.4 Å². The smallest absolute Gasteiger partial charge is 0.244 e. The standard InChI is InChI=1S/C24H24BrN3O3/c1-3-24(13-12-20(29)27-23(24)31)16-8-10-17(11-9-16)26-21(30)14-28-15(2)22(25)18-6-4-5-7-19(18)28/h4-11H,3,12-14H2,1-2H3,(H,26,30)(H,27,29,31). The molecule has 0 bridgehead atoms. The summed E-state index contributed by atoms with van der Waals surface area (Å²) in [6.45, 7) is 4.13. The SMILES string of the molecule is CCC1(c2ccc(NC(=O)Cn3c(C)c(Br)c4ccccc43)cc2)CCC(=O)NC1=O. The Hall–Kier alpha value is -2.93.